The van der Waals surface area contributed by atoms with Crippen LogP contribution in [0.4, 0.5) is 5.69 Å². The summed E-state index contributed by atoms with van der Waals surface area (Å²) in [5, 5.41) is 0.614. The summed E-state index contributed by atoms with van der Waals surface area (Å²) in [6.07, 6.45) is -0.464. The highest BCUT2D eigenvalue weighted by Crippen LogP contribution is 2.59. The van der Waals surface area contributed by atoms with E-state index in [9.17, 15) is 9.59 Å². The van der Waals surface area contributed by atoms with E-state index in [1.807, 2.05) is 12.1 Å². The maximum atomic E-state index is 12.8. The van der Waals surface area contributed by atoms with Gasteiger partial charge in [0, 0.05) is 17.5 Å². The van der Waals surface area contributed by atoms with Crippen molar-refractivity contribution < 1.29 is 14.3 Å². The van der Waals surface area contributed by atoms with E-state index >= 15 is 0 Å². The van der Waals surface area contributed by atoms with Crippen LogP contribution in [-0.2, 0) is 9.53 Å². The van der Waals surface area contributed by atoms with E-state index in [0.29, 0.717) is 16.3 Å². The van der Waals surface area contributed by atoms with Crippen molar-refractivity contribution in [3.05, 3.63) is 64.7 Å². The number of carbonyl (C=O) groups excluding carboxylic acids is 2. The number of ketones is 1. The Kier molecular flexibility index (Phi) is 2.71. The fourth-order valence-corrected chi connectivity index (χ4v) is 3.28. The van der Waals surface area contributed by atoms with Gasteiger partial charge >= 0.3 is 0 Å². The molecule has 110 valence electrons. The van der Waals surface area contributed by atoms with Crippen LogP contribution in [0.5, 0.6) is 0 Å². The van der Waals surface area contributed by atoms with Gasteiger partial charge in [0.15, 0.2) is 0 Å². The number of anilines is 1. The monoisotopic (exact) mass is 313 g/mol. The van der Waals surface area contributed by atoms with Crippen molar-refractivity contribution in [2.24, 2.45) is 0 Å². The highest BCUT2D eigenvalue weighted by Gasteiger charge is 2.72. The molecule has 0 unspecified atom stereocenters. The van der Waals surface area contributed by atoms with Gasteiger partial charge < -0.3 is 4.74 Å². The van der Waals surface area contributed by atoms with Gasteiger partial charge in [-0.25, -0.2) is 0 Å². The largest absolute Gasteiger partial charge is 0.332 e. The van der Waals surface area contributed by atoms with Crippen LogP contribution in [0.1, 0.15) is 28.9 Å². The second-order valence-electron chi connectivity index (χ2n) is 5.45. The SMILES string of the molecule is CC(=O)N1c2ccccc2C(=O)[C@]12O[C@H]2c1ccc(Cl)cc1. The molecule has 0 aromatic heterocycles. The van der Waals surface area contributed by atoms with Crippen molar-refractivity contribution >= 4 is 29.0 Å². The van der Waals surface area contributed by atoms with Crippen LogP contribution in [0, 0.1) is 0 Å². The Bertz CT molecular complexity index is 802. The van der Waals surface area contributed by atoms with E-state index in [1.54, 1.807) is 36.4 Å². The van der Waals surface area contributed by atoms with Crippen molar-refractivity contribution in [2.45, 2.75) is 18.8 Å². The number of amides is 1. The molecule has 2 aliphatic rings. The number of para-hydroxylation sites is 1. The van der Waals surface area contributed by atoms with Crippen LogP contribution in [0.15, 0.2) is 48.5 Å². The second kappa shape index (κ2) is 4.41. The van der Waals surface area contributed by atoms with Crippen molar-refractivity contribution in [1.82, 2.24) is 0 Å². The van der Waals surface area contributed by atoms with Crippen molar-refractivity contribution in [3.63, 3.8) is 0 Å². The number of rotatable bonds is 1. The number of hydrogen-bond acceptors (Lipinski definition) is 3. The minimum atomic E-state index is -1.23. The molecule has 0 N–H and O–H groups in total. The summed E-state index contributed by atoms with van der Waals surface area (Å²) >= 11 is 5.90. The molecule has 5 heteroatoms. The van der Waals surface area contributed by atoms with Crippen LogP contribution < -0.4 is 4.90 Å². The highest BCUT2D eigenvalue weighted by atomic mass is 35.5. The average molecular weight is 314 g/mol. The zero-order chi connectivity index (χ0) is 15.5. The zero-order valence-corrected chi connectivity index (χ0v) is 12.5. The standard InChI is InChI=1S/C17H12ClNO3/c1-10(20)19-14-5-3-2-4-13(14)15(21)17(19)16(22-17)11-6-8-12(18)9-7-11/h2-9,16H,1H3/t16-,17+/m0/s1. The Morgan fingerprint density at radius 1 is 1.18 bits per heavy atom. The van der Waals surface area contributed by atoms with Gasteiger partial charge in [-0.05, 0) is 29.8 Å². The molecule has 2 aliphatic heterocycles. The van der Waals surface area contributed by atoms with Gasteiger partial charge in [-0.3, -0.25) is 14.5 Å². The molecule has 4 nitrogen and oxygen atoms in total. The lowest BCUT2D eigenvalue weighted by Gasteiger charge is -2.20. The van der Waals surface area contributed by atoms with Gasteiger partial charge in [-0.1, -0.05) is 35.9 Å². The molecule has 1 fully saturated rings. The van der Waals surface area contributed by atoms with Crippen molar-refractivity contribution in [3.8, 4) is 0 Å². The lowest BCUT2D eigenvalue weighted by atomic mass is 10.0. The van der Waals surface area contributed by atoms with E-state index in [4.69, 9.17) is 16.3 Å². The van der Waals surface area contributed by atoms with Gasteiger partial charge in [-0.2, -0.15) is 0 Å². The molecule has 2 aromatic carbocycles. The Balaban J connectivity index is 1.81. The number of Topliss-reactive ketones (excluding diaryl/α,β-unsaturated/α-hetero) is 1. The van der Waals surface area contributed by atoms with Crippen LogP contribution in [0.25, 0.3) is 0 Å². The van der Waals surface area contributed by atoms with Gasteiger partial charge in [0.2, 0.25) is 17.4 Å². The number of benzene rings is 2. The second-order valence-corrected chi connectivity index (χ2v) is 5.88. The molecule has 2 atom stereocenters. The summed E-state index contributed by atoms with van der Waals surface area (Å²) < 4.78 is 5.77. The molecule has 0 saturated carbocycles. The smallest absolute Gasteiger partial charge is 0.244 e. The molecule has 0 bridgehead atoms. The predicted molar refractivity (Wildman–Crippen MR) is 81.9 cm³/mol. The first-order valence-electron chi connectivity index (χ1n) is 6.93. The molecular weight excluding hydrogens is 302 g/mol. The minimum absolute atomic E-state index is 0.168. The minimum Gasteiger partial charge on any atom is -0.332 e. The molecule has 2 aromatic rings. The number of epoxide rings is 1. The Morgan fingerprint density at radius 2 is 1.86 bits per heavy atom. The Hall–Kier alpha value is -2.17. The molecule has 1 saturated heterocycles. The van der Waals surface area contributed by atoms with Crippen molar-refractivity contribution in [2.75, 3.05) is 4.90 Å². The number of nitrogens with zero attached hydrogens (tertiary/aromatic N) is 1. The summed E-state index contributed by atoms with van der Waals surface area (Å²) in [5.41, 5.74) is 0.728. The molecule has 1 spiro atoms. The van der Waals surface area contributed by atoms with Crippen LogP contribution in [0.2, 0.25) is 5.02 Å². The Morgan fingerprint density at radius 3 is 2.55 bits per heavy atom. The van der Waals surface area contributed by atoms with Gasteiger partial charge in [0.1, 0.15) is 6.10 Å². The van der Waals surface area contributed by atoms with E-state index in [1.165, 1.54) is 11.8 Å². The molecule has 4 rings (SSSR count). The highest BCUT2D eigenvalue weighted by molar-refractivity contribution is 6.30. The summed E-state index contributed by atoms with van der Waals surface area (Å²) in [7, 11) is 0. The van der Waals surface area contributed by atoms with Gasteiger partial charge in [0.05, 0.1) is 5.69 Å². The first-order valence-corrected chi connectivity index (χ1v) is 7.31. The predicted octanol–water partition coefficient (Wildman–Crippen LogP) is 3.36. The number of carbonyl (C=O) groups is 2. The van der Waals surface area contributed by atoms with Crippen molar-refractivity contribution in [1.29, 1.82) is 0 Å². The first kappa shape index (κ1) is 13.5. The maximum absolute atomic E-state index is 12.8. The molecule has 1 amide bonds. The van der Waals surface area contributed by atoms with Crippen LogP contribution in [0.3, 0.4) is 0 Å². The summed E-state index contributed by atoms with van der Waals surface area (Å²) in [6.45, 7) is 1.44. The summed E-state index contributed by atoms with van der Waals surface area (Å²) in [4.78, 5) is 26.4. The van der Waals surface area contributed by atoms with Crippen LogP contribution in [-0.4, -0.2) is 17.4 Å². The van der Waals surface area contributed by atoms with Crippen LogP contribution >= 0.6 is 11.6 Å². The number of fused-ring (bicyclic) bond motifs is 1. The molecule has 22 heavy (non-hydrogen) atoms. The lowest BCUT2D eigenvalue weighted by Crippen LogP contribution is -2.43. The lowest BCUT2D eigenvalue weighted by molar-refractivity contribution is -0.117. The number of ether oxygens (including phenoxy) is 1. The normalized spacial score (nSPS) is 25.5. The number of halogens is 1. The third-order valence-electron chi connectivity index (χ3n) is 4.13. The van der Waals surface area contributed by atoms with Gasteiger partial charge in [-0.15, -0.1) is 0 Å². The topological polar surface area (TPSA) is 49.9 Å². The first-order chi connectivity index (χ1) is 10.6. The summed E-state index contributed by atoms with van der Waals surface area (Å²) in [5.74, 6) is -0.381. The average Bonchev–Trinajstić information content (AvgIpc) is 3.17. The van der Waals surface area contributed by atoms with E-state index in [2.05, 4.69) is 0 Å². The molecule has 0 radical (unpaired) electrons. The van der Waals surface area contributed by atoms with E-state index < -0.39 is 11.8 Å². The van der Waals surface area contributed by atoms with E-state index in [-0.39, 0.29) is 11.7 Å². The van der Waals surface area contributed by atoms with E-state index in [0.717, 1.165) is 5.56 Å². The Labute approximate surface area is 132 Å². The quantitative estimate of drug-likeness (QED) is 0.759. The van der Waals surface area contributed by atoms with Gasteiger partial charge in [0.25, 0.3) is 0 Å². The number of hydrogen-bond donors (Lipinski definition) is 0. The zero-order valence-electron chi connectivity index (χ0n) is 11.7. The fourth-order valence-electron chi connectivity index (χ4n) is 3.16. The molecule has 0 aliphatic carbocycles. The fraction of sp³-hybridized carbons (Fsp3) is 0.176. The molecule has 2 heterocycles. The molecular formula is C17H12ClNO3. The maximum Gasteiger partial charge on any atom is 0.244 e. The summed E-state index contributed by atoms with van der Waals surface area (Å²) in [6, 6.07) is 14.2. The third-order valence-corrected chi connectivity index (χ3v) is 4.38. The third kappa shape index (κ3) is 1.62.